The molecule has 3 aliphatic carbocycles. The van der Waals surface area contributed by atoms with Gasteiger partial charge in [0.25, 0.3) is 0 Å². The molecule has 3 rings (SSSR count). The van der Waals surface area contributed by atoms with E-state index in [1.165, 1.54) is 41.6 Å². The monoisotopic (exact) mass is 376 g/mol. The third kappa shape index (κ3) is 2.55. The van der Waals surface area contributed by atoms with Gasteiger partial charge in [0.05, 0.1) is 0 Å². The minimum absolute atomic E-state index is 0. The number of carbonyl (C=O) groups is 1. The number of fused-ring (bicyclic) bond motifs is 2. The number of hydrogen-bond donors (Lipinski definition) is 1. The van der Waals surface area contributed by atoms with Crippen LogP contribution in [0, 0.1) is 23.2 Å². The van der Waals surface area contributed by atoms with Gasteiger partial charge in [-0.15, -0.1) is 0 Å². The van der Waals surface area contributed by atoms with Crippen molar-refractivity contribution in [2.45, 2.75) is 53.4 Å². The summed E-state index contributed by atoms with van der Waals surface area (Å²) >= 11 is 1.80. The van der Waals surface area contributed by atoms with E-state index in [0.717, 1.165) is 12.3 Å². The Kier molecular flexibility index (Phi) is 6.46. The average molecular weight is 377 g/mol. The molecule has 0 spiro atoms. The molecule has 0 saturated heterocycles. The summed E-state index contributed by atoms with van der Waals surface area (Å²) in [7, 11) is 0. The molecule has 2 saturated carbocycles. The molecule has 0 aliphatic heterocycles. The van der Waals surface area contributed by atoms with Crippen molar-refractivity contribution in [3.05, 3.63) is 22.3 Å². The Morgan fingerprint density at radius 3 is 2.18 bits per heavy atom. The van der Waals surface area contributed by atoms with E-state index in [1.807, 2.05) is 0 Å². The zero-order chi connectivity index (χ0) is 14.7. The molecule has 1 N–H and O–H groups in total. The van der Waals surface area contributed by atoms with Gasteiger partial charge in [-0.25, -0.2) is 0 Å². The standard InChI is InChI=1S/C17H25NO.2ClH.Ti/c1-9-10(2)12(4)15(11(9)3)17(16(18)19)8-13-5-6-14(17)7-13;;;/h11,13-14H,5-8H2,1-4H3,(H2,18,19);2*1H;/q;;;+3/p-3. The van der Waals surface area contributed by atoms with E-state index in [1.54, 1.807) is 20.7 Å². The summed E-state index contributed by atoms with van der Waals surface area (Å²) in [5.74, 6) is 2.05. The molecular formula is C17H24Cl2NOTi. The van der Waals surface area contributed by atoms with Crippen molar-refractivity contribution in [2.75, 3.05) is 0 Å². The predicted molar refractivity (Wildman–Crippen MR) is 76.3 cm³/mol. The topological polar surface area (TPSA) is 29.1 Å². The van der Waals surface area contributed by atoms with Gasteiger partial charge in [-0.3, -0.25) is 0 Å². The third-order valence-electron chi connectivity index (χ3n) is 6.49. The number of allylic oxidation sites excluding steroid dienone is 3. The second kappa shape index (κ2) is 7.01. The largest absolute Gasteiger partial charge is 1.00 e. The molecule has 1 amide bonds. The van der Waals surface area contributed by atoms with Crippen LogP contribution in [0.3, 0.4) is 0 Å². The fraction of sp³-hybridized carbons (Fsp3) is 0.706. The molecule has 2 bridgehead atoms. The van der Waals surface area contributed by atoms with Crippen molar-refractivity contribution in [2.24, 2.45) is 23.2 Å². The smallest absolute Gasteiger partial charge is 1.00 e. The molecule has 2 nitrogen and oxygen atoms in total. The van der Waals surface area contributed by atoms with Gasteiger partial charge in [-0.05, 0) is 0 Å². The maximum Gasteiger partial charge on any atom is -1.00 e. The summed E-state index contributed by atoms with van der Waals surface area (Å²) in [6.07, 6.45) is 4.90. The van der Waals surface area contributed by atoms with Crippen molar-refractivity contribution < 1.29 is 50.3 Å². The Morgan fingerprint density at radius 2 is 1.82 bits per heavy atom. The second-order valence-corrected chi connectivity index (χ2v) is 7.46. The molecule has 4 unspecified atom stereocenters. The van der Waals surface area contributed by atoms with Gasteiger partial charge in [-0.2, -0.15) is 0 Å². The minimum atomic E-state index is -0.208. The van der Waals surface area contributed by atoms with Crippen molar-refractivity contribution >= 4 is 5.91 Å². The van der Waals surface area contributed by atoms with E-state index in [0.29, 0.717) is 11.8 Å². The quantitative estimate of drug-likeness (QED) is 0.539. The summed E-state index contributed by atoms with van der Waals surface area (Å²) in [6.45, 7) is 8.98. The zero-order valence-electron chi connectivity index (χ0n) is 13.7. The molecule has 2 fully saturated rings. The van der Waals surface area contributed by atoms with Crippen LogP contribution in [-0.2, 0) is 25.5 Å². The van der Waals surface area contributed by atoms with Gasteiger partial charge in [-0.1, -0.05) is 0 Å². The van der Waals surface area contributed by atoms with E-state index in [4.69, 9.17) is 0 Å². The van der Waals surface area contributed by atoms with Gasteiger partial charge in [0, 0.05) is 0 Å². The summed E-state index contributed by atoms with van der Waals surface area (Å²) < 4.78 is 2.99. The van der Waals surface area contributed by atoms with Crippen LogP contribution in [0.5, 0.6) is 0 Å². The van der Waals surface area contributed by atoms with Crippen molar-refractivity contribution in [3.63, 3.8) is 0 Å². The Labute approximate surface area is 158 Å². The number of rotatable bonds is 2. The second-order valence-electron chi connectivity index (χ2n) is 7.07. The van der Waals surface area contributed by atoms with Crippen LogP contribution in [0.4, 0.5) is 0 Å². The predicted octanol–water partition coefficient (Wildman–Crippen LogP) is -2.32. The van der Waals surface area contributed by atoms with Gasteiger partial charge in [0.1, 0.15) is 0 Å². The van der Waals surface area contributed by atoms with Gasteiger partial charge < -0.3 is 24.8 Å². The van der Waals surface area contributed by atoms with Crippen LogP contribution in [-0.4, -0.2) is 5.91 Å². The van der Waals surface area contributed by atoms with Crippen molar-refractivity contribution in [1.29, 1.82) is 0 Å². The molecule has 0 aromatic heterocycles. The summed E-state index contributed by atoms with van der Waals surface area (Å²) in [6, 6.07) is 0. The van der Waals surface area contributed by atoms with Crippen molar-refractivity contribution in [1.82, 2.24) is 3.80 Å². The molecule has 5 heteroatoms. The fourth-order valence-electron chi connectivity index (χ4n) is 5.26. The summed E-state index contributed by atoms with van der Waals surface area (Å²) in [5, 5.41) is 0. The van der Waals surface area contributed by atoms with Crippen LogP contribution in [0.1, 0.15) is 53.4 Å². The fourth-order valence-corrected chi connectivity index (χ4v) is 5.60. The number of nitrogens with one attached hydrogen (secondary N) is 1. The molecule has 0 radical (unpaired) electrons. The minimum Gasteiger partial charge on any atom is -1.00 e. The molecule has 0 heterocycles. The van der Waals surface area contributed by atoms with Crippen LogP contribution in [0.2, 0.25) is 0 Å². The van der Waals surface area contributed by atoms with E-state index >= 15 is 0 Å². The Balaban J connectivity index is 0.00000121. The maximum absolute atomic E-state index is 12.9. The number of halogens is 2. The van der Waals surface area contributed by atoms with Crippen LogP contribution in [0.15, 0.2) is 22.3 Å². The molecule has 0 aromatic rings. The number of hydrogen-bond acceptors (Lipinski definition) is 1. The molecule has 3 aliphatic rings. The van der Waals surface area contributed by atoms with Crippen LogP contribution < -0.4 is 28.6 Å². The first-order chi connectivity index (χ1) is 9.43. The van der Waals surface area contributed by atoms with Gasteiger partial charge >= 0.3 is 134 Å². The average Bonchev–Trinajstić information content (AvgIpc) is 3.09. The first kappa shape index (κ1) is 20.3. The van der Waals surface area contributed by atoms with E-state index in [9.17, 15) is 4.79 Å². The van der Waals surface area contributed by atoms with Crippen LogP contribution >= 0.6 is 0 Å². The first-order valence-electron chi connectivity index (χ1n) is 7.79. The normalized spacial score (nSPS) is 36.4. The Morgan fingerprint density at radius 1 is 1.18 bits per heavy atom. The molecular weight excluding hydrogens is 353 g/mol. The molecule has 4 atom stereocenters. The summed E-state index contributed by atoms with van der Waals surface area (Å²) in [4.78, 5) is 12.9. The SMILES string of the molecule is CC1=C(C)C(C)C(C2(C(=O)[NH][Ti+2])CC3CCC2C3)=C1C.[Cl-].[Cl-]. The maximum atomic E-state index is 12.9. The summed E-state index contributed by atoms with van der Waals surface area (Å²) in [5.41, 5.74) is 5.51. The Hall–Kier alpha value is 0.244. The van der Waals surface area contributed by atoms with Gasteiger partial charge in [0.15, 0.2) is 0 Å². The van der Waals surface area contributed by atoms with E-state index in [-0.39, 0.29) is 36.1 Å². The molecule has 0 aromatic carbocycles. The van der Waals surface area contributed by atoms with E-state index in [2.05, 4.69) is 31.5 Å². The molecule has 121 valence electrons. The zero-order valence-corrected chi connectivity index (χ0v) is 16.8. The number of amides is 1. The Bertz CT molecular complexity index is 543. The molecule has 22 heavy (non-hydrogen) atoms. The third-order valence-corrected chi connectivity index (χ3v) is 6.84. The van der Waals surface area contributed by atoms with Crippen molar-refractivity contribution in [3.8, 4) is 0 Å². The first-order valence-corrected chi connectivity index (χ1v) is 8.57. The number of carbonyl (C=O) groups excluding carboxylic acids is 1. The van der Waals surface area contributed by atoms with Crippen LogP contribution in [0.25, 0.3) is 0 Å². The van der Waals surface area contributed by atoms with E-state index < -0.39 is 0 Å². The van der Waals surface area contributed by atoms with Gasteiger partial charge in [0.2, 0.25) is 0 Å².